The Hall–Kier alpha value is -1.98. The highest BCUT2D eigenvalue weighted by Gasteiger charge is 2.07. The van der Waals surface area contributed by atoms with Gasteiger partial charge in [0.25, 0.3) is 0 Å². The van der Waals surface area contributed by atoms with Crippen LogP contribution in [0.1, 0.15) is 5.56 Å². The number of rotatable bonds is 3. The van der Waals surface area contributed by atoms with Crippen LogP contribution in [-0.4, -0.2) is 9.97 Å². The first kappa shape index (κ1) is 13.0. The number of fused-ring (bicyclic) bond motifs is 1. The van der Waals surface area contributed by atoms with Crippen LogP contribution in [0.2, 0.25) is 0 Å². The molecule has 0 saturated carbocycles. The number of nitrogens with two attached hydrogens (primary N) is 1. The minimum Gasteiger partial charge on any atom is -0.326 e. The zero-order chi connectivity index (χ0) is 13.9. The minimum atomic E-state index is -0.284. The highest BCUT2D eigenvalue weighted by molar-refractivity contribution is 7.99. The van der Waals surface area contributed by atoms with Gasteiger partial charge in [-0.25, -0.2) is 14.4 Å². The molecule has 0 saturated heterocycles. The van der Waals surface area contributed by atoms with Gasteiger partial charge in [0.05, 0.1) is 5.52 Å². The SMILES string of the molecule is NCc1cc(F)cc(Sc2ncnc3ccccc23)c1. The van der Waals surface area contributed by atoms with E-state index in [4.69, 9.17) is 5.73 Å². The van der Waals surface area contributed by atoms with Gasteiger partial charge in [0.2, 0.25) is 0 Å². The molecule has 0 radical (unpaired) electrons. The Bertz CT molecular complexity index is 756. The molecule has 2 N–H and O–H groups in total. The minimum absolute atomic E-state index is 0.284. The summed E-state index contributed by atoms with van der Waals surface area (Å²) in [5.74, 6) is -0.284. The molecule has 100 valence electrons. The average Bonchev–Trinajstić information content (AvgIpc) is 2.47. The van der Waals surface area contributed by atoms with Crippen LogP contribution in [0, 0.1) is 5.82 Å². The quantitative estimate of drug-likeness (QED) is 0.750. The summed E-state index contributed by atoms with van der Waals surface area (Å²) in [6.07, 6.45) is 1.52. The van der Waals surface area contributed by atoms with Crippen LogP contribution >= 0.6 is 11.8 Å². The number of benzene rings is 2. The Morgan fingerprint density at radius 2 is 1.95 bits per heavy atom. The summed E-state index contributed by atoms with van der Waals surface area (Å²) in [4.78, 5) is 9.29. The first-order valence-electron chi connectivity index (χ1n) is 6.13. The van der Waals surface area contributed by atoms with Crippen molar-refractivity contribution in [1.29, 1.82) is 0 Å². The van der Waals surface area contributed by atoms with Crippen molar-refractivity contribution in [3.63, 3.8) is 0 Å². The maximum Gasteiger partial charge on any atom is 0.124 e. The van der Waals surface area contributed by atoms with Crippen LogP contribution in [0.25, 0.3) is 10.9 Å². The fourth-order valence-electron chi connectivity index (χ4n) is 1.97. The molecule has 2 aromatic carbocycles. The summed E-state index contributed by atoms with van der Waals surface area (Å²) >= 11 is 1.41. The van der Waals surface area contributed by atoms with Crippen LogP contribution in [-0.2, 0) is 6.54 Å². The third-order valence-corrected chi connectivity index (χ3v) is 3.88. The van der Waals surface area contributed by atoms with Gasteiger partial charge in [0.1, 0.15) is 17.2 Å². The molecule has 0 bridgehead atoms. The van der Waals surface area contributed by atoms with E-state index >= 15 is 0 Å². The molecule has 0 unspecified atom stereocenters. The van der Waals surface area contributed by atoms with Gasteiger partial charge in [0.15, 0.2) is 0 Å². The summed E-state index contributed by atoms with van der Waals surface area (Å²) in [7, 11) is 0. The van der Waals surface area contributed by atoms with Gasteiger partial charge in [-0.2, -0.15) is 0 Å². The highest BCUT2D eigenvalue weighted by atomic mass is 32.2. The number of hydrogen-bond donors (Lipinski definition) is 1. The van der Waals surface area contributed by atoms with Crippen molar-refractivity contribution in [2.24, 2.45) is 5.73 Å². The Morgan fingerprint density at radius 3 is 2.80 bits per heavy atom. The summed E-state index contributed by atoms with van der Waals surface area (Å²) in [6.45, 7) is 0.315. The zero-order valence-corrected chi connectivity index (χ0v) is 11.4. The van der Waals surface area contributed by atoms with E-state index in [2.05, 4.69) is 9.97 Å². The van der Waals surface area contributed by atoms with Crippen molar-refractivity contribution < 1.29 is 4.39 Å². The van der Waals surface area contributed by atoms with Crippen LogP contribution in [0.3, 0.4) is 0 Å². The molecule has 3 nitrogen and oxygen atoms in total. The fraction of sp³-hybridized carbons (Fsp3) is 0.0667. The van der Waals surface area contributed by atoms with E-state index in [1.807, 2.05) is 30.3 Å². The van der Waals surface area contributed by atoms with Crippen molar-refractivity contribution in [3.05, 3.63) is 60.2 Å². The van der Waals surface area contributed by atoms with Crippen LogP contribution in [0.15, 0.2) is 58.7 Å². The number of para-hydroxylation sites is 1. The van der Waals surface area contributed by atoms with Crippen molar-refractivity contribution in [1.82, 2.24) is 9.97 Å². The lowest BCUT2D eigenvalue weighted by Gasteiger charge is -2.06. The first-order valence-corrected chi connectivity index (χ1v) is 6.95. The van der Waals surface area contributed by atoms with Crippen molar-refractivity contribution in [2.75, 3.05) is 0 Å². The summed E-state index contributed by atoms with van der Waals surface area (Å²) in [6, 6.07) is 12.6. The smallest absolute Gasteiger partial charge is 0.124 e. The largest absolute Gasteiger partial charge is 0.326 e. The molecule has 0 aliphatic heterocycles. The van der Waals surface area contributed by atoms with Gasteiger partial charge in [-0.15, -0.1) is 0 Å². The molecule has 0 aliphatic carbocycles. The number of nitrogens with zero attached hydrogens (tertiary/aromatic N) is 2. The normalized spacial score (nSPS) is 10.9. The number of halogens is 1. The Kier molecular flexibility index (Phi) is 3.62. The van der Waals surface area contributed by atoms with E-state index in [-0.39, 0.29) is 5.82 Å². The van der Waals surface area contributed by atoms with Gasteiger partial charge in [-0.05, 0) is 29.8 Å². The fourth-order valence-corrected chi connectivity index (χ4v) is 2.96. The van der Waals surface area contributed by atoms with Crippen molar-refractivity contribution >= 4 is 22.7 Å². The van der Waals surface area contributed by atoms with Gasteiger partial charge in [-0.3, -0.25) is 0 Å². The predicted molar refractivity (Wildman–Crippen MR) is 78.0 cm³/mol. The maximum absolute atomic E-state index is 13.5. The average molecular weight is 285 g/mol. The zero-order valence-electron chi connectivity index (χ0n) is 10.6. The Morgan fingerprint density at radius 1 is 1.10 bits per heavy atom. The number of aromatic nitrogens is 2. The second kappa shape index (κ2) is 5.56. The molecule has 0 spiro atoms. The van der Waals surface area contributed by atoms with Crippen molar-refractivity contribution in [2.45, 2.75) is 16.5 Å². The molecule has 0 amide bonds. The molecule has 3 aromatic rings. The Balaban J connectivity index is 2.03. The molecule has 5 heteroatoms. The van der Waals surface area contributed by atoms with E-state index in [9.17, 15) is 4.39 Å². The van der Waals surface area contributed by atoms with E-state index in [0.717, 1.165) is 26.4 Å². The summed E-state index contributed by atoms with van der Waals surface area (Å²) in [5.41, 5.74) is 7.21. The standard InChI is InChI=1S/C15H12FN3S/c16-11-5-10(8-17)6-12(7-11)20-15-13-3-1-2-4-14(13)18-9-19-15/h1-7,9H,8,17H2. The molecule has 1 aromatic heterocycles. The molecule has 0 fully saturated rings. The van der Waals surface area contributed by atoms with Gasteiger partial charge >= 0.3 is 0 Å². The first-order chi connectivity index (χ1) is 9.76. The van der Waals surface area contributed by atoms with Crippen LogP contribution < -0.4 is 5.73 Å². The molecular formula is C15H12FN3S. The Labute approximate surface area is 120 Å². The van der Waals surface area contributed by atoms with Crippen LogP contribution in [0.5, 0.6) is 0 Å². The number of hydrogen-bond acceptors (Lipinski definition) is 4. The molecule has 3 rings (SSSR count). The monoisotopic (exact) mass is 285 g/mol. The molecule has 1 heterocycles. The lowest BCUT2D eigenvalue weighted by Crippen LogP contribution is -1.97. The second-order valence-corrected chi connectivity index (χ2v) is 5.36. The molecule has 20 heavy (non-hydrogen) atoms. The lowest BCUT2D eigenvalue weighted by molar-refractivity contribution is 0.621. The molecular weight excluding hydrogens is 273 g/mol. The molecule has 0 atom stereocenters. The van der Waals surface area contributed by atoms with E-state index < -0.39 is 0 Å². The highest BCUT2D eigenvalue weighted by Crippen LogP contribution is 2.31. The third kappa shape index (κ3) is 2.64. The molecule has 0 aliphatic rings. The second-order valence-electron chi connectivity index (χ2n) is 4.30. The lowest BCUT2D eigenvalue weighted by atomic mass is 10.2. The van der Waals surface area contributed by atoms with Gasteiger partial charge < -0.3 is 5.73 Å². The maximum atomic E-state index is 13.5. The third-order valence-electron chi connectivity index (χ3n) is 2.89. The summed E-state index contributed by atoms with van der Waals surface area (Å²) in [5, 5.41) is 1.77. The van der Waals surface area contributed by atoms with Crippen LogP contribution in [0.4, 0.5) is 4.39 Å². The van der Waals surface area contributed by atoms with Gasteiger partial charge in [-0.1, -0.05) is 30.0 Å². The van der Waals surface area contributed by atoms with Gasteiger partial charge in [0, 0.05) is 16.8 Å². The topological polar surface area (TPSA) is 51.8 Å². The van der Waals surface area contributed by atoms with E-state index in [1.54, 1.807) is 0 Å². The predicted octanol–water partition coefficient (Wildman–Crippen LogP) is 3.38. The summed E-state index contributed by atoms with van der Waals surface area (Å²) < 4.78 is 13.5. The van der Waals surface area contributed by atoms with E-state index in [1.165, 1.54) is 30.2 Å². The van der Waals surface area contributed by atoms with E-state index in [0.29, 0.717) is 6.54 Å². The van der Waals surface area contributed by atoms with Crippen molar-refractivity contribution in [3.8, 4) is 0 Å².